The Morgan fingerprint density at radius 1 is 0.300 bits per heavy atom. The molecule has 0 aromatic rings. The van der Waals surface area contributed by atoms with E-state index in [9.17, 15) is 43.2 Å². The molecule has 0 rings (SSSR count). The second-order valence-electron chi connectivity index (χ2n) is 24.1. The smallest absolute Gasteiger partial charge is 0.462 e. The van der Waals surface area contributed by atoms with Crippen LogP contribution >= 0.6 is 15.6 Å². The van der Waals surface area contributed by atoms with Gasteiger partial charge in [-0.2, -0.15) is 0 Å². The van der Waals surface area contributed by atoms with Crippen molar-refractivity contribution in [1.29, 1.82) is 0 Å². The van der Waals surface area contributed by atoms with E-state index in [4.69, 9.17) is 37.0 Å². The number of phosphoric ester groups is 2. The molecule has 5 atom stereocenters. The highest BCUT2D eigenvalue weighted by atomic mass is 31.2. The number of carbonyl (C=O) groups excluding carboxylic acids is 4. The summed E-state index contributed by atoms with van der Waals surface area (Å²) in [7, 11) is -10.0. The van der Waals surface area contributed by atoms with Gasteiger partial charge >= 0.3 is 39.5 Å². The number of aliphatic hydroxyl groups excluding tert-OH is 1. The van der Waals surface area contributed by atoms with E-state index in [0.717, 1.165) is 154 Å². The fourth-order valence-corrected chi connectivity index (χ4v) is 10.6. The summed E-state index contributed by atoms with van der Waals surface area (Å²) in [4.78, 5) is 72.7. The summed E-state index contributed by atoms with van der Waals surface area (Å²) in [6, 6.07) is 0. The molecule has 0 aliphatic rings. The molecule has 0 saturated carbocycles. The highest BCUT2D eigenvalue weighted by molar-refractivity contribution is 7.47. The molecule has 3 N–H and O–H groups in total. The molecule has 19 heteroatoms. The lowest BCUT2D eigenvalue weighted by molar-refractivity contribution is -0.161. The molecule has 0 aliphatic heterocycles. The number of esters is 4. The number of carbonyl (C=O) groups is 4. The van der Waals surface area contributed by atoms with E-state index in [0.29, 0.717) is 32.1 Å². The van der Waals surface area contributed by atoms with Gasteiger partial charge in [-0.1, -0.05) is 256 Å². The number of hydrogen-bond donors (Lipinski definition) is 3. The molecular weight excluding hydrogens is 1310 g/mol. The van der Waals surface area contributed by atoms with Gasteiger partial charge in [-0.3, -0.25) is 37.3 Å². The van der Waals surface area contributed by atoms with Crippen LogP contribution in [0.5, 0.6) is 0 Å². The first-order valence-corrected chi connectivity index (χ1v) is 40.4. The summed E-state index contributed by atoms with van der Waals surface area (Å²) in [5.74, 6) is -2.44. The van der Waals surface area contributed by atoms with Crippen molar-refractivity contribution < 1.29 is 80.2 Å². The van der Waals surface area contributed by atoms with Crippen molar-refractivity contribution in [2.24, 2.45) is 0 Å². The van der Waals surface area contributed by atoms with Crippen LogP contribution in [0.4, 0.5) is 0 Å². The standard InChI is InChI=1S/C81H130O17P2/c1-5-9-13-17-21-25-29-33-36-37-40-43-46-50-54-58-62-66-79(84)92-72-77(98-81(86)68-64-60-56-52-48-44-39-35-31-27-23-19-15-11-7-3)74-96-100(89,90)94-70-75(82)69-93-99(87,88)95-73-76(97-80(85)67-63-59-55-51-47-41-32-28-24-20-16-12-8-4)71-91-78(83)65-61-57-53-49-45-42-38-34-30-26-22-18-14-10-6-2/h9,11,13,15-16,20-23,25-28,32-36,38-40,43,48,50,52,54,60,64,75-77,82H,5-8,10,12,14,17-19,24,29-31,37,41-42,44-47,49,51,53,55-59,61-63,65-74H2,1-4H3,(H,87,88)(H,89,90)/b13-9-,15-11-,20-16-,25-21-,26-22-,27-23-,32-28-,36-33-,38-34-,39-35-,43-40-,52-48-,54-50-,64-60-. The number of unbranched alkanes of at least 4 members (excludes halogenated alkanes) is 15. The molecule has 0 aromatic heterocycles. The van der Waals surface area contributed by atoms with E-state index in [1.165, 1.54) is 19.3 Å². The van der Waals surface area contributed by atoms with Crippen molar-refractivity contribution in [1.82, 2.24) is 0 Å². The summed E-state index contributed by atoms with van der Waals surface area (Å²) >= 11 is 0. The first-order chi connectivity index (χ1) is 48.7. The minimum Gasteiger partial charge on any atom is -0.462 e. The highest BCUT2D eigenvalue weighted by Crippen LogP contribution is 2.45. The predicted molar refractivity (Wildman–Crippen MR) is 408 cm³/mol. The lowest BCUT2D eigenvalue weighted by Crippen LogP contribution is -2.30. The Balaban J connectivity index is 5.51. The Hall–Kier alpha value is -5.58. The Morgan fingerprint density at radius 3 is 0.970 bits per heavy atom. The topological polar surface area (TPSA) is 237 Å². The van der Waals surface area contributed by atoms with E-state index in [-0.39, 0.29) is 25.7 Å². The number of aliphatic hydroxyl groups is 1. The number of phosphoric acid groups is 2. The number of rotatable bonds is 68. The van der Waals surface area contributed by atoms with Crippen LogP contribution in [0.3, 0.4) is 0 Å². The summed E-state index contributed by atoms with van der Waals surface area (Å²) in [5, 5.41) is 10.6. The van der Waals surface area contributed by atoms with Gasteiger partial charge in [-0.15, -0.1) is 0 Å². The van der Waals surface area contributed by atoms with Crippen molar-refractivity contribution in [2.45, 2.75) is 277 Å². The lowest BCUT2D eigenvalue weighted by atomic mass is 10.1. The third-order valence-electron chi connectivity index (χ3n) is 14.7. The van der Waals surface area contributed by atoms with Gasteiger partial charge in [0.15, 0.2) is 12.2 Å². The first kappa shape index (κ1) is 94.4. The summed E-state index contributed by atoms with van der Waals surface area (Å²) in [5.41, 5.74) is 0. The van der Waals surface area contributed by atoms with Crippen molar-refractivity contribution in [2.75, 3.05) is 39.6 Å². The second kappa shape index (κ2) is 71.8. The molecule has 0 fully saturated rings. The molecule has 0 saturated heterocycles. The zero-order valence-electron chi connectivity index (χ0n) is 61.5. The fourth-order valence-electron chi connectivity index (χ4n) is 9.04. The van der Waals surface area contributed by atoms with Gasteiger partial charge in [0, 0.05) is 19.3 Å². The van der Waals surface area contributed by atoms with Crippen molar-refractivity contribution in [3.63, 3.8) is 0 Å². The number of hydrogen-bond acceptors (Lipinski definition) is 15. The van der Waals surface area contributed by atoms with Gasteiger partial charge < -0.3 is 33.8 Å². The molecule has 100 heavy (non-hydrogen) atoms. The fraction of sp³-hybridized carbons (Fsp3) is 0.605. The van der Waals surface area contributed by atoms with Gasteiger partial charge in [-0.25, -0.2) is 9.13 Å². The number of ether oxygens (including phenoxy) is 4. The Kier molecular flexibility index (Phi) is 67.8. The average molecular weight is 1440 g/mol. The Morgan fingerprint density at radius 2 is 0.590 bits per heavy atom. The van der Waals surface area contributed by atoms with Gasteiger partial charge in [-0.05, 0) is 148 Å². The summed E-state index contributed by atoms with van der Waals surface area (Å²) < 4.78 is 68.2. The Labute approximate surface area is 603 Å². The third-order valence-corrected chi connectivity index (χ3v) is 16.6. The number of allylic oxidation sites excluding steroid dienone is 27. The van der Waals surface area contributed by atoms with Crippen LogP contribution in [0.15, 0.2) is 170 Å². The van der Waals surface area contributed by atoms with E-state index in [1.807, 2.05) is 24.3 Å². The van der Waals surface area contributed by atoms with Crippen LogP contribution < -0.4 is 0 Å². The lowest BCUT2D eigenvalue weighted by Gasteiger charge is -2.21. The molecule has 17 nitrogen and oxygen atoms in total. The molecule has 0 aromatic carbocycles. The predicted octanol–water partition coefficient (Wildman–Crippen LogP) is 21.4. The van der Waals surface area contributed by atoms with Crippen LogP contribution in [-0.2, 0) is 65.4 Å². The normalized spacial score (nSPS) is 14.9. The minimum absolute atomic E-state index is 0.0568. The van der Waals surface area contributed by atoms with E-state index >= 15 is 0 Å². The molecule has 0 amide bonds. The second-order valence-corrected chi connectivity index (χ2v) is 27.0. The SMILES string of the molecule is CC/C=C\C/C=C\C/C=C\C/C=C\C/C=C\CCCC(=O)OCC(COP(=O)(O)OCC(O)COP(=O)(O)OCC(COC(=O)CCCCCCC/C=C\C/C=C\CCCCC)OC(=O)CCCCCCC/C=C\C/C=C\CCC)OC(=O)C/C=C\C/C=C\C/C=C\C/C=C\C/C=C\CC. The van der Waals surface area contributed by atoms with Crippen molar-refractivity contribution in [3.8, 4) is 0 Å². The summed E-state index contributed by atoms with van der Waals surface area (Å²) in [6.45, 7) is 4.30. The van der Waals surface area contributed by atoms with Crippen molar-refractivity contribution in [3.05, 3.63) is 170 Å². The molecule has 0 heterocycles. The monoisotopic (exact) mass is 1440 g/mol. The van der Waals surface area contributed by atoms with Crippen LogP contribution in [0, 0.1) is 0 Å². The maximum absolute atomic E-state index is 13.1. The largest absolute Gasteiger partial charge is 0.472 e. The Bertz CT molecular complexity index is 2570. The van der Waals surface area contributed by atoms with E-state index < -0.39 is 97.5 Å². The molecule has 566 valence electrons. The quantitative estimate of drug-likeness (QED) is 0.0169. The molecule has 0 spiro atoms. The summed E-state index contributed by atoms with van der Waals surface area (Å²) in [6.07, 6.45) is 83.9. The molecule has 0 radical (unpaired) electrons. The maximum Gasteiger partial charge on any atom is 0.472 e. The average Bonchev–Trinajstić information content (AvgIpc) is 1.06. The van der Waals surface area contributed by atoms with Gasteiger partial charge in [0.25, 0.3) is 0 Å². The third kappa shape index (κ3) is 70.8. The van der Waals surface area contributed by atoms with E-state index in [2.05, 4.69) is 161 Å². The van der Waals surface area contributed by atoms with Crippen molar-refractivity contribution >= 4 is 39.5 Å². The zero-order valence-corrected chi connectivity index (χ0v) is 63.3. The molecule has 5 unspecified atom stereocenters. The first-order valence-electron chi connectivity index (χ1n) is 37.4. The van der Waals surface area contributed by atoms with Crippen LogP contribution in [0.1, 0.15) is 259 Å². The van der Waals surface area contributed by atoms with Gasteiger partial charge in [0.2, 0.25) is 0 Å². The van der Waals surface area contributed by atoms with E-state index in [1.54, 1.807) is 12.2 Å². The maximum atomic E-state index is 13.1. The molecule has 0 aliphatic carbocycles. The molecular formula is C81H130O17P2. The van der Waals surface area contributed by atoms with Crippen LogP contribution in [-0.4, -0.2) is 96.7 Å². The highest BCUT2D eigenvalue weighted by Gasteiger charge is 2.30. The van der Waals surface area contributed by atoms with Gasteiger partial charge in [0.1, 0.15) is 19.3 Å². The van der Waals surface area contributed by atoms with Crippen LogP contribution in [0.25, 0.3) is 0 Å². The minimum atomic E-state index is -5.02. The van der Waals surface area contributed by atoms with Gasteiger partial charge in [0.05, 0.1) is 32.8 Å². The molecule has 0 bridgehead atoms. The van der Waals surface area contributed by atoms with Crippen LogP contribution in [0.2, 0.25) is 0 Å². The zero-order chi connectivity index (χ0) is 73.2.